The van der Waals surface area contributed by atoms with E-state index in [-0.39, 0.29) is 55.0 Å². The van der Waals surface area contributed by atoms with Crippen molar-refractivity contribution in [1.29, 1.82) is 0 Å². The minimum Gasteiger partial charge on any atom is -0.465 e. The molecule has 1 fully saturated rings. The number of carbonyl (C=O) groups is 7. The summed E-state index contributed by atoms with van der Waals surface area (Å²) in [5.41, 5.74) is 17.4. The van der Waals surface area contributed by atoms with Gasteiger partial charge in [0.1, 0.15) is 19.8 Å². The highest BCUT2D eigenvalue weighted by Gasteiger charge is 2.24. The largest absolute Gasteiger partial charge is 0.465 e. The van der Waals surface area contributed by atoms with Gasteiger partial charge < -0.3 is 33.2 Å². The molecule has 1 saturated carbocycles. The van der Waals surface area contributed by atoms with Crippen LogP contribution < -0.4 is 0 Å². The third-order valence-electron chi connectivity index (χ3n) is 20.5. The molecule has 0 saturated heterocycles. The van der Waals surface area contributed by atoms with E-state index in [0.717, 1.165) is 72.3 Å². The Morgan fingerprint density at radius 1 is 0.235 bits per heavy atom. The summed E-state index contributed by atoms with van der Waals surface area (Å²) < 4.78 is 34.1. The molecule has 11 aromatic carbocycles. The fourth-order valence-corrected chi connectivity index (χ4v) is 12.4. The average Bonchev–Trinajstić information content (AvgIpc) is 1.81. The van der Waals surface area contributed by atoms with Gasteiger partial charge in [0.2, 0.25) is 52.4 Å². The van der Waals surface area contributed by atoms with Crippen molar-refractivity contribution in [2.24, 2.45) is 5.92 Å². The van der Waals surface area contributed by atoms with Gasteiger partial charge in [-0.25, -0.2) is 43.3 Å². The van der Waals surface area contributed by atoms with Crippen LogP contribution in [0.4, 0.5) is 0 Å². The predicted octanol–water partition coefficient (Wildman–Crippen LogP) is 11.2. The van der Waals surface area contributed by atoms with Crippen LogP contribution >= 0.6 is 0 Å². The number of H-pyrrole nitrogens is 9. The molecule has 754 valence electrons. The molecule has 21 rings (SSSR count). The van der Waals surface area contributed by atoms with Crippen molar-refractivity contribution >= 4 is 41.8 Å². The smallest absolute Gasteiger partial charge is 0.338 e. The zero-order chi connectivity index (χ0) is 105. The van der Waals surface area contributed by atoms with Gasteiger partial charge in [-0.05, 0) is 188 Å². The number of rotatable bonds is 25. The van der Waals surface area contributed by atoms with Crippen LogP contribution in [0.3, 0.4) is 0 Å². The molecule has 0 spiro atoms. The topological polar surface area (TPSA) is 693 Å². The van der Waals surface area contributed by atoms with Crippen molar-refractivity contribution in [3.8, 4) is 102 Å². The molecular formula is C97H90N36O16. The molecular weight excluding hydrogens is 1930 g/mol. The number of carbonyl (C=O) groups excluding carboxylic acids is 7. The number of aromatic nitrogens is 36. The van der Waals surface area contributed by atoms with E-state index < -0.39 is 0 Å². The van der Waals surface area contributed by atoms with E-state index in [2.05, 4.69) is 209 Å². The molecule has 0 amide bonds. The molecule has 9 heterocycles. The van der Waals surface area contributed by atoms with Gasteiger partial charge in [-0.2, -0.15) is 46.9 Å². The molecule has 1 aliphatic carbocycles. The van der Waals surface area contributed by atoms with Crippen molar-refractivity contribution < 1.29 is 76.5 Å². The summed E-state index contributed by atoms with van der Waals surface area (Å²) in [7, 11) is 6.85. The maximum Gasteiger partial charge on any atom is 0.338 e. The number of nitrogens with one attached hydrogen (secondary N) is 9. The number of hydrogen-bond acceptors (Lipinski definition) is 43. The summed E-state index contributed by atoms with van der Waals surface area (Å²) in [6.07, 6.45) is 2.34. The monoisotopic (exact) mass is 2010 g/mol. The maximum atomic E-state index is 12.0. The highest BCUT2D eigenvalue weighted by atomic mass is 17.2. The van der Waals surface area contributed by atoms with Crippen molar-refractivity contribution in [2.45, 2.75) is 53.4 Å². The minimum absolute atomic E-state index is 0.256. The van der Waals surface area contributed by atoms with Crippen LogP contribution in [0.25, 0.3) is 102 Å². The number of nitrogens with zero attached hydrogens (tertiary/aromatic N) is 27. The summed E-state index contributed by atoms with van der Waals surface area (Å²) in [6.45, 7) is 7.52. The molecule has 0 unspecified atom stereocenters. The Kier molecular flexibility index (Phi) is 39.3. The van der Waals surface area contributed by atoms with Crippen molar-refractivity contribution in [1.82, 2.24) is 186 Å². The van der Waals surface area contributed by atoms with E-state index in [1.165, 1.54) is 59.5 Å². The first-order chi connectivity index (χ1) is 72.8. The lowest BCUT2D eigenvalue weighted by Crippen LogP contribution is -2.07. The Labute approximate surface area is 843 Å². The van der Waals surface area contributed by atoms with Gasteiger partial charge in [0.15, 0.2) is 0 Å². The molecule has 0 bridgehead atoms. The Morgan fingerprint density at radius 2 is 0.443 bits per heavy atom. The summed E-state index contributed by atoms with van der Waals surface area (Å²) in [6, 6.07) is 79.2. The van der Waals surface area contributed by atoms with Gasteiger partial charge in [-0.3, -0.25) is 0 Å². The number of tetrazole rings is 9. The molecule has 52 nitrogen and oxygen atoms in total. The van der Waals surface area contributed by atoms with Gasteiger partial charge in [0, 0.05) is 50.1 Å². The zero-order valence-corrected chi connectivity index (χ0v) is 80.3. The van der Waals surface area contributed by atoms with Gasteiger partial charge in [-0.1, -0.05) is 199 Å². The third kappa shape index (κ3) is 32.9. The number of hydrogen-bond donors (Lipinski definition) is 9. The average molecular weight is 2020 g/mol. The highest BCUT2D eigenvalue weighted by molar-refractivity contribution is 5.93. The number of aryl methyl sites for hydroxylation is 3. The first kappa shape index (κ1) is 106. The van der Waals surface area contributed by atoms with Gasteiger partial charge in [-0.15, -0.1) is 91.8 Å². The number of esters is 7. The van der Waals surface area contributed by atoms with E-state index in [4.69, 9.17) is 19.1 Å². The summed E-state index contributed by atoms with van der Waals surface area (Å²) in [4.78, 5) is 89.6. The number of ether oxygens (including phenoxy) is 7. The van der Waals surface area contributed by atoms with Crippen LogP contribution in [-0.2, 0) is 62.8 Å². The Balaban J connectivity index is 0.000000141. The number of benzene rings is 11. The van der Waals surface area contributed by atoms with Crippen LogP contribution in [0.2, 0.25) is 0 Å². The second-order valence-electron chi connectivity index (χ2n) is 30.8. The van der Waals surface area contributed by atoms with Crippen molar-refractivity contribution in [2.75, 3.05) is 42.2 Å². The highest BCUT2D eigenvalue weighted by Crippen LogP contribution is 2.30. The molecule has 9 aromatic heterocycles. The van der Waals surface area contributed by atoms with Gasteiger partial charge >= 0.3 is 41.8 Å². The van der Waals surface area contributed by atoms with Crippen LogP contribution in [0.5, 0.6) is 0 Å². The molecule has 52 heteroatoms. The normalized spacial score (nSPS) is 10.7. The first-order valence-corrected chi connectivity index (χ1v) is 44.4. The molecule has 0 radical (unpaired) electrons. The predicted molar refractivity (Wildman–Crippen MR) is 522 cm³/mol. The summed E-state index contributed by atoms with van der Waals surface area (Å²) in [5.74, 6) is 2.77. The molecule has 0 aliphatic heterocycles. The summed E-state index contributed by atoms with van der Waals surface area (Å²) >= 11 is 0. The first-order valence-electron chi connectivity index (χ1n) is 44.4. The van der Waals surface area contributed by atoms with Crippen molar-refractivity contribution in [3.63, 3.8) is 0 Å². The molecule has 9 N–H and O–H groups in total. The van der Waals surface area contributed by atoms with E-state index in [9.17, 15) is 33.6 Å². The fraction of sp³-hybridized carbons (Fsp3) is 0.155. The number of aromatic amines is 9. The van der Waals surface area contributed by atoms with Crippen LogP contribution in [-0.4, -0.2) is 270 Å². The second kappa shape index (κ2) is 55.5. The summed E-state index contributed by atoms with van der Waals surface area (Å²) in [5, 5.41) is 122. The van der Waals surface area contributed by atoms with Crippen molar-refractivity contribution in [3.05, 3.63) is 339 Å². The molecule has 149 heavy (non-hydrogen) atoms. The minimum atomic E-state index is -0.366. The Hall–Kier alpha value is -20.7. The third-order valence-corrected chi connectivity index (χ3v) is 20.5. The Morgan fingerprint density at radius 3 is 0.664 bits per heavy atom. The quantitative estimate of drug-likeness (QED) is 0.0111. The van der Waals surface area contributed by atoms with E-state index >= 15 is 0 Å². The molecule has 20 aromatic rings. The lowest BCUT2D eigenvalue weighted by atomic mass is 10.1. The maximum absolute atomic E-state index is 12.0. The second-order valence-corrected chi connectivity index (χ2v) is 30.8. The fourth-order valence-electron chi connectivity index (χ4n) is 12.4. The Bertz CT molecular complexity index is 7030. The lowest BCUT2D eigenvalue weighted by molar-refractivity contribution is -0.282. The van der Waals surface area contributed by atoms with Crippen LogP contribution in [0.1, 0.15) is 119 Å². The molecule has 1 aliphatic rings. The van der Waals surface area contributed by atoms with Crippen LogP contribution in [0, 0.1) is 26.7 Å². The SMILES string of the molecule is COC(=O)c1ccc(-c2nn[nH]n2)cc1.COC(=O)c1ccc(-c2nn[nH]n2)cc1.COC(=O)c1ccc(-c2nn[nH]n2)cc1.COC(=O)c1ccc(-c2nn[nH]n2)cc1.COOCc1ccc(-c2nn[nH]n2)cc1.Cc1ccc(-c2nn[nH]n2)cc1.Cc1ccc(COC(=O)c2ccc(-c3nn[nH]n3)cc2)cc1.Cc1cccc(COC(=O)c2ccc(-c3nn[nH]n3)cc2)c1.O=C(OCC1CC1)c1ccc(-c2nn[nH]n2)cc1. The van der Waals surface area contributed by atoms with E-state index in [1.54, 1.807) is 170 Å². The number of methoxy groups -OCH3 is 4. The molecule has 0 atom stereocenters. The standard InChI is InChI=1S/2C16H14N4O2.C12H12N4O2.C9H10N4O2.4C9H8N4O2.C8H8N4/c1-11-2-4-12(5-3-11)10-22-16(21)14-8-6-13(7-9-14)15-17-19-20-18-15;1-11-3-2-4-12(9-11)10-22-16(21)14-7-5-13(6-8-14)15-17-19-20-18-15;17-12(18-7-8-1-2-8)10-5-3-9(4-6-10)11-13-15-16-14-11;1-14-15-6-7-2-4-8(5-3-7)9-10-12-13-11-9;4*1-15-9(14)7-4-2-6(3-5-7)8-10-12-13-11-8;1-6-2-4-7(5-3-6)8-9-11-12-10-8/h2*2-9H,10H2,1H3,(H,17,18,19,20);3-6,8H,1-2,7H2,(H,13,14,15,16);2-5H,6H2,1H3,(H,10,11,12,13);4*2-5H,1H3,(H,10,11,12,13);2-5H,1H3,(H,9,10,11,12). The zero-order valence-electron chi connectivity index (χ0n) is 80.3. The van der Waals surface area contributed by atoms with Crippen LogP contribution in [0.15, 0.2) is 267 Å². The lowest BCUT2D eigenvalue weighted by Gasteiger charge is -2.06. The van der Waals surface area contributed by atoms with Gasteiger partial charge in [0.25, 0.3) is 0 Å². The van der Waals surface area contributed by atoms with E-state index in [1.807, 2.05) is 118 Å². The van der Waals surface area contributed by atoms with Gasteiger partial charge in [0.05, 0.1) is 81.1 Å². The van der Waals surface area contributed by atoms with E-state index in [0.29, 0.717) is 110 Å².